The van der Waals surface area contributed by atoms with E-state index < -0.39 is 5.97 Å². The normalized spacial score (nSPS) is 26.6. The number of rotatable bonds is 2. The van der Waals surface area contributed by atoms with Crippen molar-refractivity contribution in [1.29, 1.82) is 0 Å². The van der Waals surface area contributed by atoms with Gasteiger partial charge >= 0.3 is 5.97 Å². The van der Waals surface area contributed by atoms with E-state index in [0.717, 1.165) is 30.4 Å². The lowest BCUT2D eigenvalue weighted by Gasteiger charge is -2.41. The van der Waals surface area contributed by atoms with Crippen LogP contribution in [0.15, 0.2) is 12.3 Å². The number of nitrogens with two attached hydrogens (primary N) is 1. The standard InChI is InChI=1S/C17H26N2O2/c1-10-7-8-19-15(18)14(10)13-9-11(17(2,3)4)5-6-12(13)16(20)21/h7-8,11-13H,5-6,9H2,1-4H3,(H2,18,19)(H,20,21). The van der Waals surface area contributed by atoms with Crippen molar-refractivity contribution >= 4 is 11.8 Å². The van der Waals surface area contributed by atoms with Crippen LogP contribution in [0.3, 0.4) is 0 Å². The molecule has 1 aromatic rings. The van der Waals surface area contributed by atoms with Crippen molar-refractivity contribution in [3.05, 3.63) is 23.4 Å². The molecule has 4 nitrogen and oxygen atoms in total. The SMILES string of the molecule is Cc1ccnc(N)c1C1CC(C(C)(C)C)CCC1C(=O)O. The number of aliphatic carboxylic acids is 1. The van der Waals surface area contributed by atoms with Gasteiger partial charge in [-0.1, -0.05) is 20.8 Å². The number of aromatic nitrogens is 1. The zero-order chi connectivity index (χ0) is 15.8. The Morgan fingerprint density at radius 3 is 2.57 bits per heavy atom. The molecule has 3 atom stereocenters. The van der Waals surface area contributed by atoms with E-state index in [1.807, 2.05) is 13.0 Å². The van der Waals surface area contributed by atoms with E-state index in [-0.39, 0.29) is 17.3 Å². The third-order valence-electron chi connectivity index (χ3n) is 5.00. The minimum absolute atomic E-state index is 0.0332. The smallest absolute Gasteiger partial charge is 0.307 e. The van der Waals surface area contributed by atoms with Crippen molar-refractivity contribution in [1.82, 2.24) is 4.98 Å². The lowest BCUT2D eigenvalue weighted by Crippen LogP contribution is -2.35. The average Bonchev–Trinajstić information content (AvgIpc) is 2.37. The van der Waals surface area contributed by atoms with Crippen LogP contribution >= 0.6 is 0 Å². The molecular weight excluding hydrogens is 264 g/mol. The van der Waals surface area contributed by atoms with Gasteiger partial charge in [0.15, 0.2) is 0 Å². The van der Waals surface area contributed by atoms with Gasteiger partial charge in [-0.25, -0.2) is 4.98 Å². The van der Waals surface area contributed by atoms with Crippen molar-refractivity contribution in [3.63, 3.8) is 0 Å². The van der Waals surface area contributed by atoms with E-state index in [1.165, 1.54) is 0 Å². The van der Waals surface area contributed by atoms with Crippen molar-refractivity contribution in [3.8, 4) is 0 Å². The Hall–Kier alpha value is -1.58. The maximum absolute atomic E-state index is 11.7. The molecule has 1 saturated carbocycles. The molecule has 0 saturated heterocycles. The second-order valence-electron chi connectivity index (χ2n) is 7.35. The molecule has 1 aliphatic carbocycles. The van der Waals surface area contributed by atoms with Crippen molar-refractivity contribution in [2.45, 2.75) is 52.9 Å². The minimum atomic E-state index is -0.713. The number of hydrogen-bond donors (Lipinski definition) is 2. The van der Waals surface area contributed by atoms with Crippen molar-refractivity contribution in [2.24, 2.45) is 17.3 Å². The summed E-state index contributed by atoms with van der Waals surface area (Å²) in [6.45, 7) is 8.69. The number of aryl methyl sites for hydroxylation is 1. The highest BCUT2D eigenvalue weighted by Crippen LogP contribution is 2.48. The quantitative estimate of drug-likeness (QED) is 0.872. The first-order valence-electron chi connectivity index (χ1n) is 7.65. The summed E-state index contributed by atoms with van der Waals surface area (Å²) in [7, 11) is 0. The zero-order valence-electron chi connectivity index (χ0n) is 13.4. The molecule has 0 aromatic carbocycles. The van der Waals surface area contributed by atoms with Gasteiger partial charge < -0.3 is 10.8 Å². The Bertz CT molecular complexity index is 514. The number of nitrogens with zero attached hydrogens (tertiary/aromatic N) is 1. The number of carboxylic acids is 1. The van der Waals surface area contributed by atoms with E-state index in [9.17, 15) is 9.90 Å². The van der Waals surface area contributed by atoms with Gasteiger partial charge in [-0.3, -0.25) is 4.79 Å². The lowest BCUT2D eigenvalue weighted by molar-refractivity contribution is -0.144. The number of carboxylic acid groups (broad SMARTS) is 1. The first kappa shape index (κ1) is 15.8. The van der Waals surface area contributed by atoms with Crippen LogP contribution in [0.2, 0.25) is 0 Å². The molecular formula is C17H26N2O2. The predicted molar refractivity (Wildman–Crippen MR) is 84.0 cm³/mol. The fraction of sp³-hybridized carbons (Fsp3) is 0.647. The van der Waals surface area contributed by atoms with Crippen LogP contribution in [-0.4, -0.2) is 16.1 Å². The van der Waals surface area contributed by atoms with Crippen LogP contribution < -0.4 is 5.73 Å². The van der Waals surface area contributed by atoms with Gasteiger partial charge in [-0.2, -0.15) is 0 Å². The molecule has 1 heterocycles. The van der Waals surface area contributed by atoms with Gasteiger partial charge in [0, 0.05) is 17.7 Å². The summed E-state index contributed by atoms with van der Waals surface area (Å²) in [5.74, 6) is -0.101. The fourth-order valence-electron chi connectivity index (χ4n) is 3.64. The summed E-state index contributed by atoms with van der Waals surface area (Å²) in [5.41, 5.74) is 8.24. The number of carbonyl (C=O) groups is 1. The van der Waals surface area contributed by atoms with E-state index in [0.29, 0.717) is 11.7 Å². The molecule has 0 amide bonds. The van der Waals surface area contributed by atoms with Gasteiger partial charge in [0.25, 0.3) is 0 Å². The number of anilines is 1. The largest absolute Gasteiger partial charge is 0.481 e. The van der Waals surface area contributed by atoms with Gasteiger partial charge in [-0.05, 0) is 49.1 Å². The highest BCUT2D eigenvalue weighted by molar-refractivity contribution is 5.72. The first-order valence-corrected chi connectivity index (χ1v) is 7.65. The van der Waals surface area contributed by atoms with E-state index >= 15 is 0 Å². The maximum Gasteiger partial charge on any atom is 0.307 e. The summed E-state index contributed by atoms with van der Waals surface area (Å²) in [5, 5.41) is 9.58. The number of nitrogen functional groups attached to an aromatic ring is 1. The molecule has 21 heavy (non-hydrogen) atoms. The number of hydrogen-bond acceptors (Lipinski definition) is 3. The molecule has 1 aromatic heterocycles. The third-order valence-corrected chi connectivity index (χ3v) is 5.00. The Morgan fingerprint density at radius 1 is 1.38 bits per heavy atom. The minimum Gasteiger partial charge on any atom is -0.481 e. The highest BCUT2D eigenvalue weighted by atomic mass is 16.4. The molecule has 0 aliphatic heterocycles. The maximum atomic E-state index is 11.7. The molecule has 1 fully saturated rings. The summed E-state index contributed by atoms with van der Waals surface area (Å²) in [6, 6.07) is 1.92. The van der Waals surface area contributed by atoms with E-state index in [4.69, 9.17) is 5.73 Å². The zero-order valence-corrected chi connectivity index (χ0v) is 13.4. The molecule has 3 N–H and O–H groups in total. The van der Waals surface area contributed by atoms with E-state index in [1.54, 1.807) is 6.20 Å². The second kappa shape index (κ2) is 5.66. The molecule has 2 rings (SSSR count). The Morgan fingerprint density at radius 2 is 2.05 bits per heavy atom. The Labute approximate surface area is 126 Å². The number of pyridine rings is 1. The van der Waals surface area contributed by atoms with Crippen LogP contribution in [0, 0.1) is 24.2 Å². The van der Waals surface area contributed by atoms with Crippen LogP contribution in [-0.2, 0) is 4.79 Å². The predicted octanol–water partition coefficient (Wildman–Crippen LogP) is 3.60. The van der Waals surface area contributed by atoms with Crippen LogP contribution in [0.1, 0.15) is 57.1 Å². The summed E-state index contributed by atoms with van der Waals surface area (Å²) in [6.07, 6.45) is 4.25. The molecule has 0 spiro atoms. The molecule has 4 heteroatoms. The van der Waals surface area contributed by atoms with E-state index in [2.05, 4.69) is 25.8 Å². The molecule has 1 aliphatic rings. The van der Waals surface area contributed by atoms with Gasteiger partial charge in [0.1, 0.15) is 5.82 Å². The Kier molecular flexibility index (Phi) is 4.26. The summed E-state index contributed by atoms with van der Waals surface area (Å²) in [4.78, 5) is 15.8. The van der Waals surface area contributed by atoms with Gasteiger partial charge in [-0.15, -0.1) is 0 Å². The first-order chi connectivity index (χ1) is 9.71. The monoisotopic (exact) mass is 290 g/mol. The van der Waals surface area contributed by atoms with Crippen molar-refractivity contribution < 1.29 is 9.90 Å². The van der Waals surface area contributed by atoms with Crippen LogP contribution in [0.5, 0.6) is 0 Å². The lowest BCUT2D eigenvalue weighted by atomic mass is 9.63. The molecule has 3 unspecified atom stereocenters. The van der Waals surface area contributed by atoms with Gasteiger partial charge in [0.2, 0.25) is 0 Å². The topological polar surface area (TPSA) is 76.2 Å². The third kappa shape index (κ3) is 3.20. The van der Waals surface area contributed by atoms with Crippen LogP contribution in [0.25, 0.3) is 0 Å². The Balaban J connectivity index is 2.41. The average molecular weight is 290 g/mol. The fourth-order valence-corrected chi connectivity index (χ4v) is 3.64. The highest BCUT2D eigenvalue weighted by Gasteiger charge is 2.41. The summed E-state index contributed by atoms with van der Waals surface area (Å²) >= 11 is 0. The molecule has 116 valence electrons. The second-order valence-corrected chi connectivity index (χ2v) is 7.35. The van der Waals surface area contributed by atoms with Gasteiger partial charge in [0.05, 0.1) is 5.92 Å². The summed E-state index contributed by atoms with van der Waals surface area (Å²) < 4.78 is 0. The molecule has 0 bridgehead atoms. The van der Waals surface area contributed by atoms with Crippen molar-refractivity contribution in [2.75, 3.05) is 5.73 Å². The molecule has 0 radical (unpaired) electrons. The van der Waals surface area contributed by atoms with Crippen LogP contribution in [0.4, 0.5) is 5.82 Å².